The van der Waals surface area contributed by atoms with E-state index in [9.17, 15) is 5.11 Å². The molecule has 0 aliphatic heterocycles. The first-order valence-electron chi connectivity index (χ1n) is 6.81. The van der Waals surface area contributed by atoms with Gasteiger partial charge >= 0.3 is 0 Å². The van der Waals surface area contributed by atoms with Gasteiger partial charge in [0.25, 0.3) is 0 Å². The molecule has 112 valence electrons. The minimum atomic E-state index is -0.592. The lowest BCUT2D eigenvalue weighted by molar-refractivity contribution is 0.129. The van der Waals surface area contributed by atoms with Gasteiger partial charge in [-0.3, -0.25) is 0 Å². The highest BCUT2D eigenvalue weighted by Gasteiger charge is 2.24. The van der Waals surface area contributed by atoms with Gasteiger partial charge < -0.3 is 10.0 Å². The number of hydrogen-bond acceptors (Lipinski definition) is 2. The molecule has 2 aromatic carbocycles. The Balaban J connectivity index is 2.35. The summed E-state index contributed by atoms with van der Waals surface area (Å²) < 4.78 is 0. The minimum absolute atomic E-state index is 0.0721. The third-order valence-corrected chi connectivity index (χ3v) is 4.19. The van der Waals surface area contributed by atoms with Gasteiger partial charge in [-0.1, -0.05) is 59.6 Å². The highest BCUT2D eigenvalue weighted by Crippen LogP contribution is 2.34. The molecular formula is C17H19Cl2NO. The third kappa shape index (κ3) is 4.21. The molecule has 0 fully saturated rings. The maximum atomic E-state index is 10.7. The van der Waals surface area contributed by atoms with Crippen molar-refractivity contribution in [2.45, 2.75) is 12.0 Å². The van der Waals surface area contributed by atoms with Crippen molar-refractivity contribution in [3.8, 4) is 0 Å². The van der Waals surface area contributed by atoms with Crippen LogP contribution in [-0.2, 0) is 0 Å². The smallest absolute Gasteiger partial charge is 0.0870 e. The summed E-state index contributed by atoms with van der Waals surface area (Å²) in [7, 11) is 3.98. The largest absolute Gasteiger partial charge is 0.388 e. The molecule has 21 heavy (non-hydrogen) atoms. The summed E-state index contributed by atoms with van der Waals surface area (Å²) in [4.78, 5) is 2.05. The Morgan fingerprint density at radius 1 is 0.952 bits per heavy atom. The SMILES string of the molecule is CN(C)CC(c1ccc(Cl)c(Cl)c1)C(O)c1ccccc1. The van der Waals surface area contributed by atoms with Crippen LogP contribution >= 0.6 is 23.2 Å². The van der Waals surface area contributed by atoms with Crippen LogP contribution in [0.15, 0.2) is 48.5 Å². The standard InChI is InChI=1S/C17H19Cl2NO/c1-20(2)11-14(13-8-9-15(18)16(19)10-13)17(21)12-6-4-3-5-7-12/h3-10,14,17,21H,11H2,1-2H3. The number of halogens is 2. The van der Waals surface area contributed by atoms with Crippen LogP contribution in [0.5, 0.6) is 0 Å². The van der Waals surface area contributed by atoms with Gasteiger partial charge in [-0.25, -0.2) is 0 Å². The molecule has 2 atom stereocenters. The molecule has 2 nitrogen and oxygen atoms in total. The molecule has 0 saturated heterocycles. The van der Waals surface area contributed by atoms with E-state index in [4.69, 9.17) is 23.2 Å². The highest BCUT2D eigenvalue weighted by atomic mass is 35.5. The maximum Gasteiger partial charge on any atom is 0.0870 e. The van der Waals surface area contributed by atoms with Crippen molar-refractivity contribution in [3.63, 3.8) is 0 Å². The van der Waals surface area contributed by atoms with Crippen LogP contribution in [0.25, 0.3) is 0 Å². The molecular weight excluding hydrogens is 305 g/mol. The fourth-order valence-electron chi connectivity index (χ4n) is 2.41. The molecule has 4 heteroatoms. The van der Waals surface area contributed by atoms with Crippen LogP contribution in [0.1, 0.15) is 23.1 Å². The lowest BCUT2D eigenvalue weighted by Crippen LogP contribution is -2.25. The predicted octanol–water partition coefficient (Wildman–Crippen LogP) is 4.37. The van der Waals surface area contributed by atoms with E-state index in [0.29, 0.717) is 16.6 Å². The Labute approximate surface area is 135 Å². The van der Waals surface area contributed by atoms with E-state index < -0.39 is 6.10 Å². The van der Waals surface area contributed by atoms with Crippen molar-refractivity contribution in [2.24, 2.45) is 0 Å². The van der Waals surface area contributed by atoms with Gasteiger partial charge in [0.15, 0.2) is 0 Å². The summed E-state index contributed by atoms with van der Waals surface area (Å²) in [5.41, 5.74) is 1.88. The second-order valence-corrected chi connectivity index (χ2v) is 6.21. The molecule has 1 N–H and O–H groups in total. The Morgan fingerprint density at radius 2 is 1.62 bits per heavy atom. The normalized spacial score (nSPS) is 14.2. The van der Waals surface area contributed by atoms with Gasteiger partial charge in [0.05, 0.1) is 16.1 Å². The second-order valence-electron chi connectivity index (χ2n) is 5.40. The lowest BCUT2D eigenvalue weighted by atomic mass is 9.89. The Hall–Kier alpha value is -1.06. The topological polar surface area (TPSA) is 23.5 Å². The quantitative estimate of drug-likeness (QED) is 0.883. The van der Waals surface area contributed by atoms with E-state index in [1.54, 1.807) is 6.07 Å². The van der Waals surface area contributed by atoms with Crippen molar-refractivity contribution in [2.75, 3.05) is 20.6 Å². The van der Waals surface area contributed by atoms with Crippen LogP contribution < -0.4 is 0 Å². The van der Waals surface area contributed by atoms with Crippen molar-refractivity contribution < 1.29 is 5.11 Å². The van der Waals surface area contributed by atoms with Crippen LogP contribution in [0.3, 0.4) is 0 Å². The first-order valence-corrected chi connectivity index (χ1v) is 7.57. The minimum Gasteiger partial charge on any atom is -0.388 e. The van der Waals surface area contributed by atoms with Gasteiger partial charge in [0, 0.05) is 12.5 Å². The molecule has 0 aliphatic rings. The van der Waals surface area contributed by atoms with Gasteiger partial charge in [-0.05, 0) is 37.4 Å². The molecule has 0 aromatic heterocycles. The number of aliphatic hydroxyl groups is 1. The van der Waals surface area contributed by atoms with Gasteiger partial charge in [0.2, 0.25) is 0 Å². The molecule has 0 amide bonds. The van der Waals surface area contributed by atoms with Gasteiger partial charge in [-0.2, -0.15) is 0 Å². The fraction of sp³-hybridized carbons (Fsp3) is 0.294. The van der Waals surface area contributed by atoms with Crippen molar-refractivity contribution in [3.05, 3.63) is 69.7 Å². The summed E-state index contributed by atoms with van der Waals surface area (Å²) in [6.07, 6.45) is -0.592. The molecule has 2 aromatic rings. The number of hydrogen-bond donors (Lipinski definition) is 1. The van der Waals surface area contributed by atoms with Crippen LogP contribution in [0.2, 0.25) is 10.0 Å². The van der Waals surface area contributed by atoms with Gasteiger partial charge in [-0.15, -0.1) is 0 Å². The molecule has 0 saturated carbocycles. The van der Waals surface area contributed by atoms with E-state index >= 15 is 0 Å². The molecule has 0 radical (unpaired) electrons. The second kappa shape index (κ2) is 7.28. The summed E-state index contributed by atoms with van der Waals surface area (Å²) in [5, 5.41) is 11.8. The summed E-state index contributed by atoms with van der Waals surface area (Å²) in [5.74, 6) is -0.0721. The van der Waals surface area contributed by atoms with Crippen LogP contribution in [0.4, 0.5) is 0 Å². The number of benzene rings is 2. The van der Waals surface area contributed by atoms with Crippen molar-refractivity contribution >= 4 is 23.2 Å². The highest BCUT2D eigenvalue weighted by molar-refractivity contribution is 6.42. The molecule has 0 spiro atoms. The lowest BCUT2D eigenvalue weighted by Gasteiger charge is -2.27. The van der Waals surface area contributed by atoms with Crippen LogP contribution in [0, 0.1) is 0 Å². The zero-order valence-electron chi connectivity index (χ0n) is 12.1. The molecule has 0 aliphatic carbocycles. The summed E-state index contributed by atoms with van der Waals surface area (Å²) >= 11 is 12.1. The van der Waals surface area contributed by atoms with Gasteiger partial charge in [0.1, 0.15) is 0 Å². The molecule has 0 bridgehead atoms. The zero-order chi connectivity index (χ0) is 15.4. The average molecular weight is 324 g/mol. The van der Waals surface area contributed by atoms with Crippen molar-refractivity contribution in [1.29, 1.82) is 0 Å². The first kappa shape index (κ1) is 16.3. The van der Waals surface area contributed by atoms with E-state index in [2.05, 4.69) is 4.90 Å². The fourth-order valence-corrected chi connectivity index (χ4v) is 2.71. The number of rotatable bonds is 5. The molecule has 2 unspecified atom stereocenters. The summed E-state index contributed by atoms with van der Waals surface area (Å²) in [6, 6.07) is 15.2. The van der Waals surface area contributed by atoms with Crippen LogP contribution in [-0.4, -0.2) is 30.6 Å². The summed E-state index contributed by atoms with van der Waals surface area (Å²) in [6.45, 7) is 0.716. The van der Waals surface area contributed by atoms with Crippen molar-refractivity contribution in [1.82, 2.24) is 4.90 Å². The third-order valence-electron chi connectivity index (χ3n) is 3.46. The molecule has 0 heterocycles. The van der Waals surface area contributed by atoms with E-state index in [1.165, 1.54) is 0 Å². The Morgan fingerprint density at radius 3 is 2.19 bits per heavy atom. The van der Waals surface area contributed by atoms with E-state index in [1.807, 2.05) is 56.6 Å². The number of likely N-dealkylation sites (N-methyl/N-ethyl adjacent to an activating group) is 1. The number of aliphatic hydroxyl groups excluding tert-OH is 1. The first-order chi connectivity index (χ1) is 9.99. The Bertz CT molecular complexity index is 587. The average Bonchev–Trinajstić information content (AvgIpc) is 2.48. The van der Waals surface area contributed by atoms with E-state index in [0.717, 1.165) is 11.1 Å². The maximum absolute atomic E-state index is 10.7. The predicted molar refractivity (Wildman–Crippen MR) is 89.2 cm³/mol. The Kier molecular flexibility index (Phi) is 5.65. The zero-order valence-corrected chi connectivity index (χ0v) is 13.6. The molecule has 2 rings (SSSR count). The number of nitrogens with zero attached hydrogens (tertiary/aromatic N) is 1. The monoisotopic (exact) mass is 323 g/mol. The van der Waals surface area contributed by atoms with E-state index in [-0.39, 0.29) is 5.92 Å².